The third kappa shape index (κ3) is 1.88. The van der Waals surface area contributed by atoms with E-state index in [1.165, 1.54) is 0 Å². The van der Waals surface area contributed by atoms with Gasteiger partial charge in [0.2, 0.25) is 0 Å². The van der Waals surface area contributed by atoms with Gasteiger partial charge in [-0.25, -0.2) is 9.97 Å². The Kier molecular flexibility index (Phi) is 3.03. The van der Waals surface area contributed by atoms with Gasteiger partial charge in [0.15, 0.2) is 0 Å². The Morgan fingerprint density at radius 1 is 1.36 bits per heavy atom. The van der Waals surface area contributed by atoms with Crippen LogP contribution in [0.2, 0.25) is 0 Å². The van der Waals surface area contributed by atoms with Gasteiger partial charge in [0.05, 0.1) is 11.7 Å². The molecule has 0 amide bonds. The first kappa shape index (κ1) is 13.5. The van der Waals surface area contributed by atoms with E-state index in [2.05, 4.69) is 28.8 Å². The molecule has 3 aromatic rings. The lowest BCUT2D eigenvalue weighted by molar-refractivity contribution is 0.469. The van der Waals surface area contributed by atoms with E-state index in [1.807, 2.05) is 16.8 Å². The highest BCUT2D eigenvalue weighted by atomic mass is 16.1. The fourth-order valence-electron chi connectivity index (χ4n) is 3.35. The molecule has 0 aliphatic heterocycles. The monoisotopic (exact) mass is 296 g/mol. The Labute approximate surface area is 128 Å². The molecule has 3 heterocycles. The molecule has 0 saturated heterocycles. The molecule has 0 atom stereocenters. The summed E-state index contributed by atoms with van der Waals surface area (Å²) in [5.41, 5.74) is 3.40. The maximum atomic E-state index is 13.1. The molecule has 1 N–H and O–H groups in total. The number of aromatic nitrogens is 4. The van der Waals surface area contributed by atoms with Gasteiger partial charge in [-0.3, -0.25) is 4.79 Å². The number of hydrogen-bond acceptors (Lipinski definition) is 3. The summed E-state index contributed by atoms with van der Waals surface area (Å²) in [6.45, 7) is 4.28. The van der Waals surface area contributed by atoms with E-state index in [9.17, 15) is 4.79 Å². The molecule has 0 aromatic carbocycles. The zero-order chi connectivity index (χ0) is 15.3. The molecule has 1 aliphatic carbocycles. The van der Waals surface area contributed by atoms with Gasteiger partial charge in [0, 0.05) is 23.5 Å². The molecule has 1 fully saturated rings. The summed E-state index contributed by atoms with van der Waals surface area (Å²) >= 11 is 0. The van der Waals surface area contributed by atoms with Crippen LogP contribution in [0.3, 0.4) is 0 Å². The Balaban J connectivity index is 2.15. The minimum atomic E-state index is 0.0948. The van der Waals surface area contributed by atoms with E-state index in [1.54, 1.807) is 6.20 Å². The van der Waals surface area contributed by atoms with Crippen LogP contribution in [-0.4, -0.2) is 19.5 Å². The van der Waals surface area contributed by atoms with Gasteiger partial charge in [0.25, 0.3) is 5.56 Å². The normalized spacial score (nSPS) is 15.2. The number of fused-ring (bicyclic) bond motifs is 3. The van der Waals surface area contributed by atoms with Crippen LogP contribution in [0.15, 0.2) is 23.3 Å². The number of pyridine rings is 1. The van der Waals surface area contributed by atoms with Gasteiger partial charge in [0.1, 0.15) is 16.9 Å². The van der Waals surface area contributed by atoms with E-state index in [0.717, 1.165) is 53.4 Å². The van der Waals surface area contributed by atoms with Crippen molar-refractivity contribution in [1.82, 2.24) is 19.5 Å². The van der Waals surface area contributed by atoms with Crippen molar-refractivity contribution in [3.63, 3.8) is 0 Å². The fourth-order valence-corrected chi connectivity index (χ4v) is 3.35. The predicted octanol–water partition coefficient (Wildman–Crippen LogP) is 3.51. The minimum Gasteiger partial charge on any atom is -0.346 e. The highest BCUT2D eigenvalue weighted by molar-refractivity contribution is 6.00. The molecule has 0 bridgehead atoms. The minimum absolute atomic E-state index is 0.0948. The molecule has 114 valence electrons. The lowest BCUT2D eigenvalue weighted by Gasteiger charge is -2.20. The average molecular weight is 296 g/mol. The van der Waals surface area contributed by atoms with Gasteiger partial charge < -0.3 is 9.55 Å². The van der Waals surface area contributed by atoms with Crippen molar-refractivity contribution in [1.29, 1.82) is 0 Å². The molecule has 0 radical (unpaired) electrons. The van der Waals surface area contributed by atoms with Crippen LogP contribution in [0.5, 0.6) is 0 Å². The molecule has 1 aliphatic rings. The van der Waals surface area contributed by atoms with Crippen LogP contribution >= 0.6 is 0 Å². The summed E-state index contributed by atoms with van der Waals surface area (Å²) in [6, 6.07) is 2.19. The standard InChI is InChI=1S/C17H20N4O/c1-3-11(4-2)21-15-12-7-8-18-16(12)19-9-13(15)20-14(17(21)22)10-5-6-10/h7-11H,3-6H2,1-2H3,(H,18,19). The van der Waals surface area contributed by atoms with E-state index in [4.69, 9.17) is 0 Å². The van der Waals surface area contributed by atoms with Crippen molar-refractivity contribution in [2.75, 3.05) is 0 Å². The molecule has 5 nitrogen and oxygen atoms in total. The smallest absolute Gasteiger partial charge is 0.273 e. The summed E-state index contributed by atoms with van der Waals surface area (Å²) in [4.78, 5) is 25.3. The summed E-state index contributed by atoms with van der Waals surface area (Å²) in [5.74, 6) is 0.347. The molecule has 3 aromatic heterocycles. The molecule has 0 spiro atoms. The van der Waals surface area contributed by atoms with E-state index >= 15 is 0 Å². The SMILES string of the molecule is CCC(CC)n1c(=O)c(C2CC2)nc2cnc3[nH]ccc3c21. The van der Waals surface area contributed by atoms with Gasteiger partial charge >= 0.3 is 0 Å². The first-order chi connectivity index (χ1) is 10.7. The number of rotatable bonds is 4. The van der Waals surface area contributed by atoms with Crippen LogP contribution in [0.1, 0.15) is 57.2 Å². The third-order valence-corrected chi connectivity index (χ3v) is 4.73. The number of hydrogen-bond donors (Lipinski definition) is 1. The van der Waals surface area contributed by atoms with Gasteiger partial charge in [-0.15, -0.1) is 0 Å². The van der Waals surface area contributed by atoms with Crippen molar-refractivity contribution in [3.8, 4) is 0 Å². The topological polar surface area (TPSA) is 63.6 Å². The molecular formula is C17H20N4O. The second-order valence-corrected chi connectivity index (χ2v) is 6.15. The van der Waals surface area contributed by atoms with Gasteiger partial charge in [-0.05, 0) is 31.7 Å². The maximum Gasteiger partial charge on any atom is 0.273 e. The molecule has 4 rings (SSSR count). The average Bonchev–Trinajstić information content (AvgIpc) is 3.26. The van der Waals surface area contributed by atoms with Crippen molar-refractivity contribution in [2.45, 2.75) is 51.5 Å². The van der Waals surface area contributed by atoms with Crippen LogP contribution in [-0.2, 0) is 0 Å². The second kappa shape index (κ2) is 4.93. The quantitative estimate of drug-likeness (QED) is 0.801. The van der Waals surface area contributed by atoms with Crippen molar-refractivity contribution < 1.29 is 0 Å². The fraction of sp³-hybridized carbons (Fsp3) is 0.471. The Bertz CT molecular complexity index is 900. The van der Waals surface area contributed by atoms with Crippen LogP contribution in [0.25, 0.3) is 22.1 Å². The lowest BCUT2D eigenvalue weighted by atomic mass is 10.1. The van der Waals surface area contributed by atoms with Gasteiger partial charge in [-0.1, -0.05) is 13.8 Å². The summed E-state index contributed by atoms with van der Waals surface area (Å²) in [6.07, 6.45) is 7.70. The van der Waals surface area contributed by atoms with Crippen molar-refractivity contribution >= 4 is 22.1 Å². The number of nitrogens with zero attached hydrogens (tertiary/aromatic N) is 3. The Hall–Kier alpha value is -2.17. The first-order valence-corrected chi connectivity index (χ1v) is 8.12. The first-order valence-electron chi connectivity index (χ1n) is 8.12. The third-order valence-electron chi connectivity index (χ3n) is 4.73. The van der Waals surface area contributed by atoms with E-state index in [-0.39, 0.29) is 11.6 Å². The largest absolute Gasteiger partial charge is 0.346 e. The summed E-state index contributed by atoms with van der Waals surface area (Å²) < 4.78 is 1.98. The number of aromatic amines is 1. The molecule has 1 saturated carbocycles. The highest BCUT2D eigenvalue weighted by Gasteiger charge is 2.30. The molecular weight excluding hydrogens is 276 g/mol. The highest BCUT2D eigenvalue weighted by Crippen LogP contribution is 2.38. The lowest BCUT2D eigenvalue weighted by Crippen LogP contribution is -2.29. The Morgan fingerprint density at radius 2 is 2.14 bits per heavy atom. The molecule has 0 unspecified atom stereocenters. The predicted molar refractivity (Wildman–Crippen MR) is 87.2 cm³/mol. The second-order valence-electron chi connectivity index (χ2n) is 6.15. The van der Waals surface area contributed by atoms with Crippen molar-refractivity contribution in [2.24, 2.45) is 0 Å². The van der Waals surface area contributed by atoms with Crippen molar-refractivity contribution in [3.05, 3.63) is 34.5 Å². The van der Waals surface area contributed by atoms with Crippen LogP contribution in [0, 0.1) is 0 Å². The summed E-state index contributed by atoms with van der Waals surface area (Å²) in [7, 11) is 0. The zero-order valence-corrected chi connectivity index (χ0v) is 13.0. The number of nitrogens with one attached hydrogen (secondary N) is 1. The molecule has 22 heavy (non-hydrogen) atoms. The Morgan fingerprint density at radius 3 is 2.82 bits per heavy atom. The number of H-pyrrole nitrogens is 1. The van der Waals surface area contributed by atoms with Crippen LogP contribution in [0.4, 0.5) is 0 Å². The van der Waals surface area contributed by atoms with Crippen LogP contribution < -0.4 is 5.56 Å². The van der Waals surface area contributed by atoms with E-state index in [0.29, 0.717) is 5.92 Å². The van der Waals surface area contributed by atoms with Gasteiger partial charge in [-0.2, -0.15) is 0 Å². The maximum absolute atomic E-state index is 13.1. The molecule has 5 heteroatoms. The zero-order valence-electron chi connectivity index (χ0n) is 13.0. The summed E-state index contributed by atoms with van der Waals surface area (Å²) in [5, 5.41) is 0.983. The van der Waals surface area contributed by atoms with E-state index < -0.39 is 0 Å².